The Kier molecular flexibility index (Phi) is 6.15. The zero-order valence-corrected chi connectivity index (χ0v) is 18.3. The lowest BCUT2D eigenvalue weighted by Crippen LogP contribution is -2.59. The lowest BCUT2D eigenvalue weighted by atomic mass is 9.44. The fourth-order valence-corrected chi connectivity index (χ4v) is 8.09. The number of aliphatic hydroxyl groups is 2. The van der Waals surface area contributed by atoms with Crippen molar-refractivity contribution in [1.82, 2.24) is 5.32 Å². The van der Waals surface area contributed by atoms with Crippen molar-refractivity contribution in [2.24, 2.45) is 34.5 Å². The SMILES string of the molecule is CCOCCCN[C@H]1C[C@@]2(C)[C@@H](CC[C@@H]3[C@@H]2CC[C@]2(C)[C@@H](O)CC[C@@H]32)C[C@@H]1O. The first kappa shape index (κ1) is 21.1. The molecule has 28 heavy (non-hydrogen) atoms. The molecule has 0 aromatic carbocycles. The maximum atomic E-state index is 10.8. The summed E-state index contributed by atoms with van der Waals surface area (Å²) in [6.07, 6.45) is 10.1. The van der Waals surface area contributed by atoms with E-state index in [1.807, 2.05) is 6.92 Å². The van der Waals surface area contributed by atoms with Crippen molar-refractivity contribution in [2.45, 2.75) is 96.8 Å². The van der Waals surface area contributed by atoms with E-state index in [0.29, 0.717) is 17.3 Å². The van der Waals surface area contributed by atoms with Gasteiger partial charge in [0.05, 0.1) is 12.2 Å². The average Bonchev–Trinajstić information content (AvgIpc) is 2.97. The molecule has 0 bridgehead atoms. The molecule has 0 amide bonds. The summed E-state index contributed by atoms with van der Waals surface area (Å²) in [5, 5.41) is 25.1. The summed E-state index contributed by atoms with van der Waals surface area (Å²) in [5.74, 6) is 2.94. The third-order valence-corrected chi connectivity index (χ3v) is 9.74. The van der Waals surface area contributed by atoms with Crippen LogP contribution in [-0.2, 0) is 4.74 Å². The summed E-state index contributed by atoms with van der Waals surface area (Å²) < 4.78 is 5.46. The van der Waals surface area contributed by atoms with Gasteiger partial charge in [-0.3, -0.25) is 0 Å². The molecule has 0 radical (unpaired) electrons. The van der Waals surface area contributed by atoms with Crippen LogP contribution in [0.5, 0.6) is 0 Å². The van der Waals surface area contributed by atoms with Crippen molar-refractivity contribution in [1.29, 1.82) is 0 Å². The second kappa shape index (κ2) is 8.17. The molecular weight excluding hydrogens is 350 g/mol. The smallest absolute Gasteiger partial charge is 0.0696 e. The third-order valence-electron chi connectivity index (χ3n) is 9.74. The molecule has 0 aromatic heterocycles. The van der Waals surface area contributed by atoms with Gasteiger partial charge < -0.3 is 20.3 Å². The van der Waals surface area contributed by atoms with Crippen LogP contribution in [0.4, 0.5) is 0 Å². The molecule has 4 saturated carbocycles. The highest BCUT2D eigenvalue weighted by molar-refractivity contribution is 5.10. The molecule has 0 unspecified atom stereocenters. The van der Waals surface area contributed by atoms with Gasteiger partial charge in [0, 0.05) is 19.3 Å². The minimum Gasteiger partial charge on any atom is -0.393 e. The van der Waals surface area contributed by atoms with Crippen molar-refractivity contribution < 1.29 is 14.9 Å². The van der Waals surface area contributed by atoms with E-state index in [1.54, 1.807) is 0 Å². The minimum absolute atomic E-state index is 0.0862. The van der Waals surface area contributed by atoms with E-state index < -0.39 is 0 Å². The quantitative estimate of drug-likeness (QED) is 0.602. The predicted octanol–water partition coefficient (Wildman–Crippen LogP) is 3.75. The van der Waals surface area contributed by atoms with Crippen molar-refractivity contribution in [3.05, 3.63) is 0 Å². The second-order valence-corrected chi connectivity index (χ2v) is 10.9. The summed E-state index contributed by atoms with van der Waals surface area (Å²) in [5.41, 5.74) is 0.504. The van der Waals surface area contributed by atoms with E-state index in [1.165, 1.54) is 32.1 Å². The normalized spacial score (nSPS) is 50.7. The van der Waals surface area contributed by atoms with Crippen LogP contribution in [0.25, 0.3) is 0 Å². The number of fused-ring (bicyclic) bond motifs is 5. The van der Waals surface area contributed by atoms with Crippen LogP contribution in [0.15, 0.2) is 0 Å². The van der Waals surface area contributed by atoms with E-state index in [9.17, 15) is 10.2 Å². The summed E-state index contributed by atoms with van der Waals surface area (Å²) in [7, 11) is 0. The summed E-state index contributed by atoms with van der Waals surface area (Å²) in [6, 6.07) is 0.226. The van der Waals surface area contributed by atoms with Crippen LogP contribution in [-0.4, -0.2) is 48.2 Å². The van der Waals surface area contributed by atoms with E-state index in [2.05, 4.69) is 19.2 Å². The van der Waals surface area contributed by atoms with Crippen LogP contribution in [0.3, 0.4) is 0 Å². The van der Waals surface area contributed by atoms with Crippen LogP contribution < -0.4 is 5.32 Å². The second-order valence-electron chi connectivity index (χ2n) is 10.9. The lowest BCUT2D eigenvalue weighted by Gasteiger charge is -2.61. The number of rotatable bonds is 6. The summed E-state index contributed by atoms with van der Waals surface area (Å²) in [6.45, 7) is 9.47. The fourth-order valence-electron chi connectivity index (χ4n) is 8.09. The van der Waals surface area contributed by atoms with Gasteiger partial charge in [0.25, 0.3) is 0 Å². The average molecular weight is 394 g/mol. The van der Waals surface area contributed by atoms with Gasteiger partial charge in [-0.15, -0.1) is 0 Å². The zero-order valence-electron chi connectivity index (χ0n) is 18.3. The Morgan fingerprint density at radius 2 is 1.79 bits per heavy atom. The Morgan fingerprint density at radius 1 is 1.00 bits per heavy atom. The minimum atomic E-state index is -0.205. The van der Waals surface area contributed by atoms with Crippen LogP contribution in [0.1, 0.15) is 78.6 Å². The van der Waals surface area contributed by atoms with Gasteiger partial charge in [-0.1, -0.05) is 13.8 Å². The molecule has 9 atom stereocenters. The molecule has 0 saturated heterocycles. The maximum absolute atomic E-state index is 10.8. The van der Waals surface area contributed by atoms with Crippen molar-refractivity contribution in [3.63, 3.8) is 0 Å². The first-order valence-corrected chi connectivity index (χ1v) is 12.1. The monoisotopic (exact) mass is 393 g/mol. The van der Waals surface area contributed by atoms with Crippen molar-refractivity contribution in [3.8, 4) is 0 Å². The molecule has 4 nitrogen and oxygen atoms in total. The van der Waals surface area contributed by atoms with Gasteiger partial charge in [0.2, 0.25) is 0 Å². The van der Waals surface area contributed by atoms with Crippen LogP contribution in [0, 0.1) is 34.5 Å². The first-order valence-electron chi connectivity index (χ1n) is 12.1. The lowest BCUT2D eigenvalue weighted by molar-refractivity contribution is -0.140. The number of nitrogens with one attached hydrogen (secondary N) is 1. The fraction of sp³-hybridized carbons (Fsp3) is 1.00. The molecular formula is C24H43NO3. The van der Waals surface area contributed by atoms with Gasteiger partial charge in [-0.25, -0.2) is 0 Å². The summed E-state index contributed by atoms with van der Waals surface area (Å²) >= 11 is 0. The molecule has 0 aromatic rings. The summed E-state index contributed by atoms with van der Waals surface area (Å²) in [4.78, 5) is 0. The van der Waals surface area contributed by atoms with Crippen LogP contribution in [0.2, 0.25) is 0 Å². The van der Waals surface area contributed by atoms with E-state index >= 15 is 0 Å². The Labute approximate surface area is 171 Å². The molecule has 4 rings (SSSR count). The van der Waals surface area contributed by atoms with Crippen molar-refractivity contribution in [2.75, 3.05) is 19.8 Å². The van der Waals surface area contributed by atoms with E-state index in [4.69, 9.17) is 4.74 Å². The van der Waals surface area contributed by atoms with E-state index in [-0.39, 0.29) is 23.7 Å². The molecule has 4 fully saturated rings. The highest BCUT2D eigenvalue weighted by atomic mass is 16.5. The predicted molar refractivity (Wildman–Crippen MR) is 112 cm³/mol. The molecule has 162 valence electrons. The topological polar surface area (TPSA) is 61.7 Å². The van der Waals surface area contributed by atoms with Crippen LogP contribution >= 0.6 is 0 Å². The van der Waals surface area contributed by atoms with Crippen molar-refractivity contribution >= 4 is 0 Å². The maximum Gasteiger partial charge on any atom is 0.0696 e. The highest BCUT2D eigenvalue weighted by Crippen LogP contribution is 2.66. The molecule has 4 heteroatoms. The van der Waals surface area contributed by atoms with E-state index in [0.717, 1.165) is 57.3 Å². The highest BCUT2D eigenvalue weighted by Gasteiger charge is 2.60. The molecule has 0 spiro atoms. The Balaban J connectivity index is 1.44. The third kappa shape index (κ3) is 3.46. The zero-order chi connectivity index (χ0) is 19.9. The van der Waals surface area contributed by atoms with Gasteiger partial charge >= 0.3 is 0 Å². The van der Waals surface area contributed by atoms with Gasteiger partial charge in [0.1, 0.15) is 0 Å². The largest absolute Gasteiger partial charge is 0.393 e. The molecule has 3 N–H and O–H groups in total. The van der Waals surface area contributed by atoms with Gasteiger partial charge in [0.15, 0.2) is 0 Å². The molecule has 0 heterocycles. The Hall–Kier alpha value is -0.160. The first-order chi connectivity index (χ1) is 13.4. The standard InChI is InChI=1S/C24H43NO3/c1-4-28-13-5-12-25-20-15-24(3)16(14-21(20)26)6-7-17-18-8-9-22(27)23(18,2)11-10-19(17)24/h16-22,25-27H,4-15H2,1-3H3/t16-,17-,18-,19-,20-,21-,22-,23-,24-/m0/s1. The molecule has 4 aliphatic carbocycles. The number of hydrogen-bond donors (Lipinski definition) is 3. The Morgan fingerprint density at radius 3 is 2.57 bits per heavy atom. The number of aliphatic hydroxyl groups excluding tert-OH is 2. The Bertz CT molecular complexity index is 542. The van der Waals surface area contributed by atoms with Gasteiger partial charge in [-0.05, 0) is 106 Å². The number of ether oxygens (including phenoxy) is 1. The van der Waals surface area contributed by atoms with Gasteiger partial charge in [-0.2, -0.15) is 0 Å². The molecule has 4 aliphatic rings. The number of hydrogen-bond acceptors (Lipinski definition) is 4. The molecule has 0 aliphatic heterocycles.